The van der Waals surface area contributed by atoms with Crippen molar-refractivity contribution in [3.63, 3.8) is 0 Å². The lowest BCUT2D eigenvalue weighted by Crippen LogP contribution is -2.37. The third-order valence-corrected chi connectivity index (χ3v) is 4.40. The van der Waals surface area contributed by atoms with Gasteiger partial charge in [0.25, 0.3) is 0 Å². The fourth-order valence-corrected chi connectivity index (χ4v) is 3.46. The molecule has 0 aliphatic carbocycles. The molecular formula is C14H21NS. The van der Waals surface area contributed by atoms with Crippen LogP contribution in [0.1, 0.15) is 24.5 Å². The molecule has 1 aliphatic rings. The van der Waals surface area contributed by atoms with E-state index in [0.29, 0.717) is 6.04 Å². The zero-order chi connectivity index (χ0) is 11.4. The normalized spacial score (nSPS) is 22.2. The van der Waals surface area contributed by atoms with Gasteiger partial charge in [0.05, 0.1) is 0 Å². The molecule has 1 heterocycles. The summed E-state index contributed by atoms with van der Waals surface area (Å²) in [6, 6.07) is 10.0. The minimum Gasteiger partial charge on any atom is -0.310 e. The van der Waals surface area contributed by atoms with Crippen LogP contribution in [0.3, 0.4) is 0 Å². The van der Waals surface area contributed by atoms with E-state index in [9.17, 15) is 0 Å². The summed E-state index contributed by atoms with van der Waals surface area (Å²) >= 11 is 2.07. The van der Waals surface area contributed by atoms with Gasteiger partial charge in [-0.3, -0.25) is 0 Å². The molecular weight excluding hydrogens is 214 g/mol. The van der Waals surface area contributed by atoms with Crippen molar-refractivity contribution in [2.75, 3.05) is 11.5 Å². The first-order chi connectivity index (χ1) is 7.75. The molecule has 2 heteroatoms. The molecule has 0 saturated carbocycles. The highest BCUT2D eigenvalue weighted by molar-refractivity contribution is 7.99. The molecule has 88 valence electrons. The number of nitrogens with one attached hydrogen (secondary N) is 1. The van der Waals surface area contributed by atoms with Gasteiger partial charge in [-0.15, -0.1) is 0 Å². The highest BCUT2D eigenvalue weighted by Gasteiger charge is 2.17. The summed E-state index contributed by atoms with van der Waals surface area (Å²) in [4.78, 5) is 0. The summed E-state index contributed by atoms with van der Waals surface area (Å²) in [7, 11) is 0. The van der Waals surface area contributed by atoms with Crippen LogP contribution < -0.4 is 5.32 Å². The van der Waals surface area contributed by atoms with Crippen molar-refractivity contribution < 1.29 is 0 Å². The Labute approximate surface area is 103 Å². The Morgan fingerprint density at radius 3 is 2.94 bits per heavy atom. The second kappa shape index (κ2) is 5.74. The summed E-state index contributed by atoms with van der Waals surface area (Å²) in [5.41, 5.74) is 2.89. The molecule has 1 N–H and O–H groups in total. The third-order valence-electron chi connectivity index (χ3n) is 3.24. The molecule has 0 amide bonds. The quantitative estimate of drug-likeness (QED) is 0.861. The van der Waals surface area contributed by atoms with Crippen molar-refractivity contribution in [1.82, 2.24) is 5.32 Å². The Morgan fingerprint density at radius 2 is 2.25 bits per heavy atom. The molecule has 1 aliphatic heterocycles. The van der Waals surface area contributed by atoms with Crippen LogP contribution in [-0.2, 0) is 6.42 Å². The van der Waals surface area contributed by atoms with Gasteiger partial charge in [-0.1, -0.05) is 24.3 Å². The van der Waals surface area contributed by atoms with Gasteiger partial charge in [0.15, 0.2) is 0 Å². The summed E-state index contributed by atoms with van der Waals surface area (Å²) < 4.78 is 0. The average molecular weight is 235 g/mol. The lowest BCUT2D eigenvalue weighted by molar-refractivity contribution is 0.470. The van der Waals surface area contributed by atoms with E-state index in [1.54, 1.807) is 0 Å². The molecule has 1 saturated heterocycles. The molecule has 0 aromatic heterocycles. The Balaban J connectivity index is 1.86. The van der Waals surface area contributed by atoms with Gasteiger partial charge in [0, 0.05) is 17.8 Å². The Bertz CT molecular complexity index is 331. The zero-order valence-electron chi connectivity index (χ0n) is 10.2. The van der Waals surface area contributed by atoms with E-state index in [1.807, 2.05) is 0 Å². The molecule has 2 atom stereocenters. The molecule has 2 rings (SSSR count). The van der Waals surface area contributed by atoms with Crippen molar-refractivity contribution in [3.05, 3.63) is 35.4 Å². The van der Waals surface area contributed by atoms with Gasteiger partial charge in [0.2, 0.25) is 0 Å². The summed E-state index contributed by atoms with van der Waals surface area (Å²) in [5.74, 6) is 2.62. The molecule has 1 aromatic rings. The van der Waals surface area contributed by atoms with Crippen LogP contribution in [0.25, 0.3) is 0 Å². The topological polar surface area (TPSA) is 12.0 Å². The largest absolute Gasteiger partial charge is 0.310 e. The van der Waals surface area contributed by atoms with E-state index in [1.165, 1.54) is 29.1 Å². The lowest BCUT2D eigenvalue weighted by atomic mass is 10.0. The molecule has 1 fully saturated rings. The first-order valence-corrected chi connectivity index (χ1v) is 7.29. The molecule has 1 aromatic carbocycles. The molecule has 16 heavy (non-hydrogen) atoms. The predicted molar refractivity (Wildman–Crippen MR) is 73.2 cm³/mol. The number of benzene rings is 1. The average Bonchev–Trinajstić information content (AvgIpc) is 2.74. The van der Waals surface area contributed by atoms with Gasteiger partial charge < -0.3 is 5.32 Å². The van der Waals surface area contributed by atoms with E-state index in [4.69, 9.17) is 0 Å². The second-order valence-electron chi connectivity index (χ2n) is 4.76. The maximum Gasteiger partial charge on any atom is 0.0168 e. The molecule has 1 nitrogen and oxygen atoms in total. The van der Waals surface area contributed by atoms with Crippen LogP contribution in [-0.4, -0.2) is 23.6 Å². The van der Waals surface area contributed by atoms with Crippen LogP contribution in [0, 0.1) is 6.92 Å². The monoisotopic (exact) mass is 235 g/mol. The molecule has 2 unspecified atom stereocenters. The van der Waals surface area contributed by atoms with Crippen LogP contribution in [0.4, 0.5) is 0 Å². The van der Waals surface area contributed by atoms with Gasteiger partial charge in [-0.2, -0.15) is 11.8 Å². The first-order valence-electron chi connectivity index (χ1n) is 6.14. The molecule has 0 spiro atoms. The number of hydrogen-bond acceptors (Lipinski definition) is 2. The summed E-state index contributed by atoms with van der Waals surface area (Å²) in [5, 5.41) is 3.73. The Hall–Kier alpha value is -0.470. The van der Waals surface area contributed by atoms with Crippen LogP contribution >= 0.6 is 11.8 Å². The maximum absolute atomic E-state index is 3.73. The van der Waals surface area contributed by atoms with Gasteiger partial charge in [-0.25, -0.2) is 0 Å². The molecule has 0 bridgehead atoms. The first kappa shape index (κ1) is 12.0. The fraction of sp³-hybridized carbons (Fsp3) is 0.571. The SMILES string of the molecule is Cc1ccccc1CC(C)NC1CCSC1. The van der Waals surface area contributed by atoms with Crippen molar-refractivity contribution in [2.24, 2.45) is 0 Å². The third kappa shape index (κ3) is 3.26. The Morgan fingerprint density at radius 1 is 1.44 bits per heavy atom. The zero-order valence-corrected chi connectivity index (χ0v) is 11.0. The number of aryl methyl sites for hydroxylation is 1. The van der Waals surface area contributed by atoms with Crippen molar-refractivity contribution in [2.45, 2.75) is 38.8 Å². The lowest BCUT2D eigenvalue weighted by Gasteiger charge is -2.19. The van der Waals surface area contributed by atoms with Crippen LogP contribution in [0.5, 0.6) is 0 Å². The van der Waals surface area contributed by atoms with E-state index in [0.717, 1.165) is 12.5 Å². The second-order valence-corrected chi connectivity index (χ2v) is 5.91. The fourth-order valence-electron chi connectivity index (χ4n) is 2.30. The van der Waals surface area contributed by atoms with Crippen molar-refractivity contribution >= 4 is 11.8 Å². The summed E-state index contributed by atoms with van der Waals surface area (Å²) in [6.07, 6.45) is 2.48. The minimum absolute atomic E-state index is 0.588. The number of rotatable bonds is 4. The van der Waals surface area contributed by atoms with E-state index in [-0.39, 0.29) is 0 Å². The van der Waals surface area contributed by atoms with Gasteiger partial charge in [0.1, 0.15) is 0 Å². The van der Waals surface area contributed by atoms with Crippen LogP contribution in [0.15, 0.2) is 24.3 Å². The van der Waals surface area contributed by atoms with E-state index < -0.39 is 0 Å². The Kier molecular flexibility index (Phi) is 4.30. The minimum atomic E-state index is 0.588. The van der Waals surface area contributed by atoms with Crippen molar-refractivity contribution in [1.29, 1.82) is 0 Å². The molecule has 0 radical (unpaired) electrons. The number of thioether (sulfide) groups is 1. The maximum atomic E-state index is 3.73. The van der Waals surface area contributed by atoms with Gasteiger partial charge >= 0.3 is 0 Å². The summed E-state index contributed by atoms with van der Waals surface area (Å²) in [6.45, 7) is 4.50. The number of hydrogen-bond donors (Lipinski definition) is 1. The van der Waals surface area contributed by atoms with Gasteiger partial charge in [-0.05, 0) is 43.6 Å². The standard InChI is InChI=1S/C14H21NS/c1-11-5-3-4-6-13(11)9-12(2)15-14-7-8-16-10-14/h3-6,12,14-15H,7-10H2,1-2H3. The highest BCUT2D eigenvalue weighted by Crippen LogP contribution is 2.18. The van der Waals surface area contributed by atoms with E-state index in [2.05, 4.69) is 55.2 Å². The van der Waals surface area contributed by atoms with E-state index >= 15 is 0 Å². The predicted octanol–water partition coefficient (Wildman–Crippen LogP) is 3.02. The smallest absolute Gasteiger partial charge is 0.0168 e. The highest BCUT2D eigenvalue weighted by atomic mass is 32.2. The van der Waals surface area contributed by atoms with Crippen LogP contribution in [0.2, 0.25) is 0 Å². The van der Waals surface area contributed by atoms with Crippen molar-refractivity contribution in [3.8, 4) is 0 Å².